The molecule has 0 amide bonds. The first kappa shape index (κ1) is 10.4. The van der Waals surface area contributed by atoms with Crippen LogP contribution in [0.5, 0.6) is 0 Å². The van der Waals surface area contributed by atoms with Gasteiger partial charge in [0.15, 0.2) is 0 Å². The lowest BCUT2D eigenvalue weighted by Gasteiger charge is -2.30. The summed E-state index contributed by atoms with van der Waals surface area (Å²) >= 11 is 8.05. The normalized spacial score (nSPS) is 33.2. The Morgan fingerprint density at radius 2 is 2.29 bits per heavy atom. The Hall–Kier alpha value is -0.0800. The number of aryl methyl sites for hydroxylation is 1. The van der Waals surface area contributed by atoms with Gasteiger partial charge >= 0.3 is 0 Å². The minimum absolute atomic E-state index is 0.374. The first-order chi connectivity index (χ1) is 6.66. The van der Waals surface area contributed by atoms with Gasteiger partial charge in [0.2, 0.25) is 0 Å². The van der Waals surface area contributed by atoms with Crippen LogP contribution in [0.2, 0.25) is 0 Å². The van der Waals surface area contributed by atoms with Crippen LogP contribution in [0.4, 0.5) is 0 Å². The zero-order chi connectivity index (χ0) is 10.1. The van der Waals surface area contributed by atoms with E-state index < -0.39 is 0 Å². The number of alkyl halides is 1. The number of halogens is 1. The lowest BCUT2D eigenvalue weighted by molar-refractivity contribution is 0.338. The fourth-order valence-electron chi connectivity index (χ4n) is 2.22. The lowest BCUT2D eigenvalue weighted by atomic mass is 9.79. The second-order valence-corrected chi connectivity index (χ2v) is 6.16. The summed E-state index contributed by atoms with van der Waals surface area (Å²) in [5.41, 5.74) is 0. The summed E-state index contributed by atoms with van der Waals surface area (Å²) in [6.45, 7) is 4.41. The first-order valence-electron chi connectivity index (χ1n) is 5.23. The van der Waals surface area contributed by atoms with Crippen molar-refractivity contribution in [1.29, 1.82) is 0 Å². The maximum atomic E-state index is 6.22. The first-order valence-corrected chi connectivity index (χ1v) is 6.48. The van der Waals surface area contributed by atoms with Crippen molar-refractivity contribution >= 4 is 22.9 Å². The molecule has 14 heavy (non-hydrogen) atoms. The fourth-order valence-corrected chi connectivity index (χ4v) is 3.57. The third-order valence-corrected chi connectivity index (χ3v) is 4.58. The Labute approximate surface area is 94.5 Å². The highest BCUT2D eigenvalue weighted by Gasteiger charge is 2.28. The fraction of sp³-hybridized carbons (Fsp3) is 0.727. The van der Waals surface area contributed by atoms with Gasteiger partial charge in [0.25, 0.3) is 0 Å². The molecule has 0 spiro atoms. The van der Waals surface area contributed by atoms with Gasteiger partial charge in [-0.2, -0.15) is 0 Å². The van der Waals surface area contributed by atoms with E-state index in [-0.39, 0.29) is 0 Å². The third kappa shape index (κ3) is 2.12. The number of thiazole rings is 1. The van der Waals surface area contributed by atoms with E-state index in [2.05, 4.69) is 18.8 Å². The minimum Gasteiger partial charge on any atom is -0.250 e. The highest BCUT2D eigenvalue weighted by Crippen LogP contribution is 2.41. The molecule has 1 aromatic heterocycles. The van der Waals surface area contributed by atoms with E-state index >= 15 is 0 Å². The van der Waals surface area contributed by atoms with Gasteiger partial charge in [-0.05, 0) is 38.0 Å². The standard InChI is InChI=1S/C11H16ClNS/c1-7-3-4-9(12)5-10(7)11-6-13-8(2)14-11/h6-7,9-10H,3-5H2,1-2H3. The maximum Gasteiger partial charge on any atom is 0.0896 e. The predicted octanol–water partition coefficient (Wildman–Crippen LogP) is 3.96. The number of hydrogen-bond acceptors (Lipinski definition) is 2. The van der Waals surface area contributed by atoms with Crippen LogP contribution in [0, 0.1) is 12.8 Å². The van der Waals surface area contributed by atoms with Crippen LogP contribution in [0.1, 0.15) is 42.0 Å². The van der Waals surface area contributed by atoms with Crippen molar-refractivity contribution < 1.29 is 0 Å². The van der Waals surface area contributed by atoms with E-state index in [0.29, 0.717) is 11.3 Å². The molecule has 2 rings (SSSR count). The quantitative estimate of drug-likeness (QED) is 0.665. The van der Waals surface area contributed by atoms with Crippen LogP contribution in [0.25, 0.3) is 0 Å². The molecule has 0 radical (unpaired) electrons. The van der Waals surface area contributed by atoms with E-state index in [0.717, 1.165) is 12.3 Å². The maximum absolute atomic E-state index is 6.22. The lowest BCUT2D eigenvalue weighted by Crippen LogP contribution is -2.20. The Morgan fingerprint density at radius 1 is 1.50 bits per heavy atom. The molecule has 0 bridgehead atoms. The summed E-state index contributed by atoms with van der Waals surface area (Å²) in [6.07, 6.45) is 5.60. The van der Waals surface area contributed by atoms with Gasteiger partial charge in [-0.15, -0.1) is 22.9 Å². The number of nitrogens with zero attached hydrogens (tertiary/aromatic N) is 1. The van der Waals surface area contributed by atoms with Crippen LogP contribution < -0.4 is 0 Å². The summed E-state index contributed by atoms with van der Waals surface area (Å²) in [4.78, 5) is 5.76. The second-order valence-electron chi connectivity index (χ2n) is 4.28. The summed E-state index contributed by atoms with van der Waals surface area (Å²) in [7, 11) is 0. The van der Waals surface area contributed by atoms with Crippen molar-refractivity contribution in [3.8, 4) is 0 Å². The van der Waals surface area contributed by atoms with Gasteiger partial charge in [-0.1, -0.05) is 6.92 Å². The Balaban J connectivity index is 2.15. The van der Waals surface area contributed by atoms with Crippen LogP contribution in [-0.2, 0) is 0 Å². The molecule has 0 aliphatic heterocycles. The van der Waals surface area contributed by atoms with Crippen LogP contribution in [0.3, 0.4) is 0 Å². The van der Waals surface area contributed by atoms with Gasteiger partial charge < -0.3 is 0 Å². The summed E-state index contributed by atoms with van der Waals surface area (Å²) in [5.74, 6) is 1.42. The van der Waals surface area contributed by atoms with Gasteiger partial charge in [0, 0.05) is 16.5 Å². The van der Waals surface area contributed by atoms with Crippen molar-refractivity contribution in [1.82, 2.24) is 4.98 Å². The Kier molecular flexibility index (Phi) is 3.13. The number of aromatic nitrogens is 1. The highest BCUT2D eigenvalue weighted by atomic mass is 35.5. The molecule has 1 fully saturated rings. The molecule has 3 unspecified atom stereocenters. The SMILES string of the molecule is Cc1ncc(C2CC(Cl)CCC2C)s1. The number of hydrogen-bond donors (Lipinski definition) is 0. The zero-order valence-electron chi connectivity index (χ0n) is 8.66. The van der Waals surface area contributed by atoms with Crippen molar-refractivity contribution in [3.63, 3.8) is 0 Å². The molecule has 0 aromatic carbocycles. The van der Waals surface area contributed by atoms with E-state index in [9.17, 15) is 0 Å². The number of rotatable bonds is 1. The zero-order valence-corrected chi connectivity index (χ0v) is 10.2. The van der Waals surface area contributed by atoms with Crippen molar-refractivity contribution in [3.05, 3.63) is 16.1 Å². The molecule has 1 heterocycles. The molecule has 3 atom stereocenters. The molecule has 78 valence electrons. The monoisotopic (exact) mass is 229 g/mol. The van der Waals surface area contributed by atoms with Gasteiger partial charge in [0.1, 0.15) is 0 Å². The van der Waals surface area contributed by atoms with Crippen LogP contribution in [-0.4, -0.2) is 10.4 Å². The molecule has 0 saturated heterocycles. The Morgan fingerprint density at radius 3 is 2.93 bits per heavy atom. The summed E-state index contributed by atoms with van der Waals surface area (Å²) < 4.78 is 0. The Bertz CT molecular complexity index is 310. The molecule has 1 nitrogen and oxygen atoms in total. The van der Waals surface area contributed by atoms with Crippen molar-refractivity contribution in [2.45, 2.75) is 44.4 Å². The molecular formula is C11H16ClNS. The molecule has 0 N–H and O–H groups in total. The molecule has 3 heteroatoms. The summed E-state index contributed by atoms with van der Waals surface area (Å²) in [6, 6.07) is 0. The minimum atomic E-state index is 0.374. The van der Waals surface area contributed by atoms with E-state index in [1.54, 1.807) is 0 Å². The highest BCUT2D eigenvalue weighted by molar-refractivity contribution is 7.11. The van der Waals surface area contributed by atoms with Crippen molar-refractivity contribution in [2.75, 3.05) is 0 Å². The van der Waals surface area contributed by atoms with Crippen LogP contribution >= 0.6 is 22.9 Å². The average molecular weight is 230 g/mol. The average Bonchev–Trinajstić information content (AvgIpc) is 2.56. The van der Waals surface area contributed by atoms with Crippen LogP contribution in [0.15, 0.2) is 6.20 Å². The van der Waals surface area contributed by atoms with E-state index in [1.807, 2.05) is 17.5 Å². The van der Waals surface area contributed by atoms with Gasteiger partial charge in [-0.3, -0.25) is 0 Å². The molecular weight excluding hydrogens is 214 g/mol. The third-order valence-electron chi connectivity index (χ3n) is 3.14. The molecule has 1 aliphatic rings. The molecule has 1 aliphatic carbocycles. The summed E-state index contributed by atoms with van der Waals surface area (Å²) in [5, 5.41) is 1.54. The second kappa shape index (κ2) is 4.19. The van der Waals surface area contributed by atoms with E-state index in [4.69, 9.17) is 11.6 Å². The largest absolute Gasteiger partial charge is 0.250 e. The predicted molar refractivity (Wildman–Crippen MR) is 62.2 cm³/mol. The smallest absolute Gasteiger partial charge is 0.0896 e. The molecule has 1 aromatic rings. The topological polar surface area (TPSA) is 12.9 Å². The van der Waals surface area contributed by atoms with Gasteiger partial charge in [0.05, 0.1) is 5.01 Å². The molecule has 1 saturated carbocycles. The van der Waals surface area contributed by atoms with Crippen molar-refractivity contribution in [2.24, 2.45) is 5.92 Å². The van der Waals surface area contributed by atoms with Gasteiger partial charge in [-0.25, -0.2) is 4.98 Å². The van der Waals surface area contributed by atoms with E-state index in [1.165, 1.54) is 22.7 Å².